The van der Waals surface area contributed by atoms with Crippen LogP contribution in [0, 0.1) is 5.92 Å². The fourth-order valence-electron chi connectivity index (χ4n) is 2.62. The number of hydrogen-bond donors (Lipinski definition) is 2. The summed E-state index contributed by atoms with van der Waals surface area (Å²) in [6.45, 7) is 1.96. The Hall–Kier alpha value is -1.97. The highest BCUT2D eigenvalue weighted by Gasteiger charge is 2.12. The third-order valence-corrected chi connectivity index (χ3v) is 3.95. The summed E-state index contributed by atoms with van der Waals surface area (Å²) in [4.78, 5) is 11.8. The summed E-state index contributed by atoms with van der Waals surface area (Å²) < 4.78 is 5.12. The van der Waals surface area contributed by atoms with Crippen LogP contribution in [0.1, 0.15) is 44.2 Å². The number of methoxy groups -OCH3 is 1. The summed E-state index contributed by atoms with van der Waals surface area (Å²) in [5, 5.41) is 5.69. The summed E-state index contributed by atoms with van der Waals surface area (Å²) in [7, 11) is 1.64. The first-order chi connectivity index (χ1) is 10.2. The predicted molar refractivity (Wildman–Crippen MR) is 84.2 cm³/mol. The van der Waals surface area contributed by atoms with Crippen molar-refractivity contribution in [3.63, 3.8) is 0 Å². The van der Waals surface area contributed by atoms with Crippen molar-refractivity contribution in [3.8, 4) is 5.75 Å². The quantitative estimate of drug-likeness (QED) is 0.866. The Morgan fingerprint density at radius 3 is 2.57 bits per heavy atom. The lowest BCUT2D eigenvalue weighted by Gasteiger charge is -2.14. The zero-order valence-electron chi connectivity index (χ0n) is 12.8. The highest BCUT2D eigenvalue weighted by molar-refractivity contribution is 5.75. The van der Waals surface area contributed by atoms with Crippen molar-refractivity contribution in [2.24, 2.45) is 5.92 Å². The number of hydrogen-bond acceptors (Lipinski definition) is 2. The second kappa shape index (κ2) is 7.72. The van der Waals surface area contributed by atoms with Crippen LogP contribution in [-0.2, 0) is 0 Å². The van der Waals surface area contributed by atoms with E-state index in [4.69, 9.17) is 4.74 Å². The van der Waals surface area contributed by atoms with Crippen molar-refractivity contribution in [2.75, 3.05) is 7.11 Å². The van der Waals surface area contributed by atoms with E-state index in [1.165, 1.54) is 25.7 Å². The van der Waals surface area contributed by atoms with Gasteiger partial charge >= 0.3 is 6.03 Å². The van der Waals surface area contributed by atoms with Gasteiger partial charge in [-0.3, -0.25) is 0 Å². The van der Waals surface area contributed by atoms with Crippen molar-refractivity contribution in [3.05, 3.63) is 42.1 Å². The summed E-state index contributed by atoms with van der Waals surface area (Å²) in [6.07, 6.45) is 8.95. The Balaban J connectivity index is 1.77. The number of benzene rings is 1. The Morgan fingerprint density at radius 1 is 1.29 bits per heavy atom. The standard InChI is InChI=1S/C17H24N2O2/c1-13(15-7-9-16(21-2)10-8-15)19-17(20)18-12-11-14-5-3-4-6-14/h7-14H,3-6H2,1-2H3,(H2,18,19,20)/b12-11+. The van der Waals surface area contributed by atoms with Gasteiger partial charge < -0.3 is 15.4 Å². The summed E-state index contributed by atoms with van der Waals surface area (Å²) >= 11 is 0. The maximum atomic E-state index is 11.8. The number of urea groups is 1. The largest absolute Gasteiger partial charge is 0.497 e. The van der Waals surface area contributed by atoms with Crippen LogP contribution in [0.25, 0.3) is 0 Å². The molecule has 1 atom stereocenters. The molecule has 0 aliphatic heterocycles. The third kappa shape index (κ3) is 4.81. The first-order valence-electron chi connectivity index (χ1n) is 7.56. The Kier molecular flexibility index (Phi) is 5.67. The molecule has 0 radical (unpaired) electrons. The molecule has 1 fully saturated rings. The van der Waals surface area contributed by atoms with Gasteiger partial charge in [0.05, 0.1) is 13.2 Å². The minimum atomic E-state index is -0.174. The van der Waals surface area contributed by atoms with Crippen LogP contribution in [0.5, 0.6) is 5.75 Å². The average Bonchev–Trinajstić information content (AvgIpc) is 3.00. The van der Waals surface area contributed by atoms with E-state index < -0.39 is 0 Å². The number of carbonyl (C=O) groups excluding carboxylic acids is 1. The average molecular weight is 288 g/mol. The second-order valence-corrected chi connectivity index (χ2v) is 5.52. The zero-order chi connectivity index (χ0) is 15.1. The van der Waals surface area contributed by atoms with Crippen molar-refractivity contribution < 1.29 is 9.53 Å². The summed E-state index contributed by atoms with van der Waals surface area (Å²) in [6, 6.07) is 7.48. The molecule has 1 aromatic rings. The fraction of sp³-hybridized carbons (Fsp3) is 0.471. The van der Waals surface area contributed by atoms with Crippen LogP contribution in [0.3, 0.4) is 0 Å². The molecule has 0 bridgehead atoms. The highest BCUT2D eigenvalue weighted by Crippen LogP contribution is 2.25. The van der Waals surface area contributed by atoms with E-state index in [1.54, 1.807) is 13.3 Å². The van der Waals surface area contributed by atoms with E-state index in [-0.39, 0.29) is 12.1 Å². The van der Waals surface area contributed by atoms with Crippen LogP contribution in [0.15, 0.2) is 36.5 Å². The van der Waals surface area contributed by atoms with E-state index in [2.05, 4.69) is 16.7 Å². The molecular weight excluding hydrogens is 264 g/mol. The lowest BCUT2D eigenvalue weighted by Crippen LogP contribution is -2.34. The van der Waals surface area contributed by atoms with E-state index >= 15 is 0 Å². The zero-order valence-corrected chi connectivity index (χ0v) is 12.8. The van der Waals surface area contributed by atoms with Gasteiger partial charge in [0.25, 0.3) is 0 Å². The van der Waals surface area contributed by atoms with Crippen LogP contribution in [0.2, 0.25) is 0 Å². The minimum Gasteiger partial charge on any atom is -0.497 e. The van der Waals surface area contributed by atoms with Gasteiger partial charge in [0, 0.05) is 6.20 Å². The first-order valence-corrected chi connectivity index (χ1v) is 7.56. The Labute approximate surface area is 126 Å². The monoisotopic (exact) mass is 288 g/mol. The maximum Gasteiger partial charge on any atom is 0.319 e. The van der Waals surface area contributed by atoms with Crippen LogP contribution in [0.4, 0.5) is 4.79 Å². The van der Waals surface area contributed by atoms with Gasteiger partial charge in [-0.15, -0.1) is 0 Å². The van der Waals surface area contributed by atoms with Crippen LogP contribution in [-0.4, -0.2) is 13.1 Å². The van der Waals surface area contributed by atoms with Gasteiger partial charge in [-0.25, -0.2) is 4.79 Å². The van der Waals surface area contributed by atoms with Gasteiger partial charge in [0.2, 0.25) is 0 Å². The molecule has 2 amide bonds. The third-order valence-electron chi connectivity index (χ3n) is 3.95. The number of nitrogens with one attached hydrogen (secondary N) is 2. The molecular formula is C17H24N2O2. The normalized spacial score (nSPS) is 16.9. The molecule has 4 heteroatoms. The van der Waals surface area contributed by atoms with Gasteiger partial charge in [-0.05, 0) is 43.4 Å². The molecule has 114 valence electrons. The van der Waals surface area contributed by atoms with E-state index in [0.29, 0.717) is 5.92 Å². The van der Waals surface area contributed by atoms with E-state index in [9.17, 15) is 4.79 Å². The Bertz CT molecular complexity index is 476. The number of allylic oxidation sites excluding steroid dienone is 1. The molecule has 1 aliphatic rings. The fourth-order valence-corrected chi connectivity index (χ4v) is 2.62. The maximum absolute atomic E-state index is 11.8. The number of carbonyl (C=O) groups is 1. The molecule has 0 heterocycles. The molecule has 1 aromatic carbocycles. The minimum absolute atomic E-state index is 0.0456. The molecule has 0 aromatic heterocycles. The van der Waals surface area contributed by atoms with Crippen molar-refractivity contribution >= 4 is 6.03 Å². The first kappa shape index (κ1) is 15.4. The summed E-state index contributed by atoms with van der Waals surface area (Å²) in [5.41, 5.74) is 1.05. The van der Waals surface area contributed by atoms with Crippen molar-refractivity contribution in [1.29, 1.82) is 0 Å². The van der Waals surface area contributed by atoms with Crippen LogP contribution >= 0.6 is 0 Å². The van der Waals surface area contributed by atoms with Gasteiger partial charge in [-0.1, -0.05) is 31.1 Å². The molecule has 4 nitrogen and oxygen atoms in total. The van der Waals surface area contributed by atoms with Gasteiger partial charge in [-0.2, -0.15) is 0 Å². The number of ether oxygens (including phenoxy) is 1. The molecule has 0 spiro atoms. The molecule has 1 unspecified atom stereocenters. The smallest absolute Gasteiger partial charge is 0.319 e. The van der Waals surface area contributed by atoms with E-state index in [0.717, 1.165) is 11.3 Å². The van der Waals surface area contributed by atoms with Crippen molar-refractivity contribution in [1.82, 2.24) is 10.6 Å². The molecule has 2 N–H and O–H groups in total. The highest BCUT2D eigenvalue weighted by atomic mass is 16.5. The van der Waals surface area contributed by atoms with Crippen molar-refractivity contribution in [2.45, 2.75) is 38.6 Å². The van der Waals surface area contributed by atoms with Crippen LogP contribution < -0.4 is 15.4 Å². The lowest BCUT2D eigenvalue weighted by atomic mass is 10.1. The SMILES string of the molecule is COc1ccc(C(C)NC(=O)N/C=C/C2CCCC2)cc1. The predicted octanol–water partition coefficient (Wildman–Crippen LogP) is 3.76. The molecule has 1 saturated carbocycles. The number of amides is 2. The number of rotatable bonds is 5. The molecule has 2 rings (SSSR count). The topological polar surface area (TPSA) is 50.4 Å². The summed E-state index contributed by atoms with van der Waals surface area (Å²) in [5.74, 6) is 1.44. The van der Waals surface area contributed by atoms with E-state index in [1.807, 2.05) is 31.2 Å². The second-order valence-electron chi connectivity index (χ2n) is 5.52. The Morgan fingerprint density at radius 2 is 1.95 bits per heavy atom. The molecule has 0 saturated heterocycles. The lowest BCUT2D eigenvalue weighted by molar-refractivity contribution is 0.241. The van der Waals surface area contributed by atoms with Gasteiger partial charge in [0.1, 0.15) is 5.75 Å². The molecule has 1 aliphatic carbocycles. The van der Waals surface area contributed by atoms with Gasteiger partial charge in [0.15, 0.2) is 0 Å². The molecule has 21 heavy (non-hydrogen) atoms.